The van der Waals surface area contributed by atoms with Gasteiger partial charge in [0.25, 0.3) is 0 Å². The molecule has 0 aromatic carbocycles. The fourth-order valence-electron chi connectivity index (χ4n) is 2.61. The molecule has 3 unspecified atom stereocenters. The second-order valence-electron chi connectivity index (χ2n) is 4.95. The summed E-state index contributed by atoms with van der Waals surface area (Å²) in [6, 6.07) is 0. The third-order valence-electron chi connectivity index (χ3n) is 3.68. The molecule has 0 aromatic rings. The van der Waals surface area contributed by atoms with Crippen LogP contribution in [0.5, 0.6) is 0 Å². The first kappa shape index (κ1) is 11.7. The lowest BCUT2D eigenvalue weighted by Gasteiger charge is -2.27. The molecule has 1 heterocycles. The molecular weight excluding hydrogens is 210 g/mol. The minimum absolute atomic E-state index is 0.408. The molecule has 88 valence electrons. The largest absolute Gasteiger partial charge is 0.381 e. The van der Waals surface area contributed by atoms with E-state index in [0.29, 0.717) is 11.3 Å². The highest BCUT2D eigenvalue weighted by molar-refractivity contribution is 6.20. The Morgan fingerprint density at radius 3 is 2.73 bits per heavy atom. The molecule has 3 heteroatoms. The van der Waals surface area contributed by atoms with Crippen LogP contribution in [0.25, 0.3) is 0 Å². The summed E-state index contributed by atoms with van der Waals surface area (Å²) in [5.41, 5.74) is 0. The third-order valence-corrected chi connectivity index (χ3v) is 4.25. The molecule has 0 spiro atoms. The summed E-state index contributed by atoms with van der Waals surface area (Å²) < 4.78 is 5.35. The Bertz CT molecular complexity index is 182. The standard InChI is InChI=1S/C12H22ClNO/c13-12-4-2-1-3-11(12)8-14-7-10-5-6-15-9-10/h10-12,14H,1-9H2. The third kappa shape index (κ3) is 3.61. The predicted molar refractivity (Wildman–Crippen MR) is 63.4 cm³/mol. The average molecular weight is 232 g/mol. The van der Waals surface area contributed by atoms with Crippen LogP contribution in [0.1, 0.15) is 32.1 Å². The van der Waals surface area contributed by atoms with Gasteiger partial charge in [0.1, 0.15) is 0 Å². The minimum atomic E-state index is 0.408. The number of hydrogen-bond acceptors (Lipinski definition) is 2. The summed E-state index contributed by atoms with van der Waals surface area (Å²) in [5, 5.41) is 3.97. The quantitative estimate of drug-likeness (QED) is 0.751. The zero-order valence-corrected chi connectivity index (χ0v) is 10.1. The zero-order valence-electron chi connectivity index (χ0n) is 9.38. The Kier molecular flexibility index (Phi) is 4.73. The lowest BCUT2D eigenvalue weighted by molar-refractivity contribution is 0.184. The van der Waals surface area contributed by atoms with Gasteiger partial charge >= 0.3 is 0 Å². The van der Waals surface area contributed by atoms with Crippen LogP contribution in [-0.2, 0) is 4.74 Å². The van der Waals surface area contributed by atoms with Crippen molar-refractivity contribution in [2.75, 3.05) is 26.3 Å². The van der Waals surface area contributed by atoms with Crippen LogP contribution in [0, 0.1) is 11.8 Å². The van der Waals surface area contributed by atoms with E-state index in [1.165, 1.54) is 32.1 Å². The van der Waals surface area contributed by atoms with Crippen LogP contribution in [0.15, 0.2) is 0 Å². The molecule has 0 radical (unpaired) electrons. The summed E-state index contributed by atoms with van der Waals surface area (Å²) in [5.74, 6) is 1.44. The van der Waals surface area contributed by atoms with Crippen molar-refractivity contribution in [3.05, 3.63) is 0 Å². The highest BCUT2D eigenvalue weighted by atomic mass is 35.5. The molecule has 0 bridgehead atoms. The predicted octanol–water partition coefficient (Wildman–Crippen LogP) is 2.41. The van der Waals surface area contributed by atoms with E-state index in [2.05, 4.69) is 5.32 Å². The molecule has 1 N–H and O–H groups in total. The van der Waals surface area contributed by atoms with E-state index in [0.717, 1.165) is 32.2 Å². The molecule has 1 saturated carbocycles. The van der Waals surface area contributed by atoms with Crippen molar-refractivity contribution in [1.82, 2.24) is 5.32 Å². The van der Waals surface area contributed by atoms with Crippen LogP contribution < -0.4 is 5.32 Å². The average Bonchev–Trinajstić information content (AvgIpc) is 2.74. The van der Waals surface area contributed by atoms with Crippen molar-refractivity contribution >= 4 is 11.6 Å². The lowest BCUT2D eigenvalue weighted by atomic mass is 9.88. The normalized spacial score (nSPS) is 37.0. The van der Waals surface area contributed by atoms with Gasteiger partial charge < -0.3 is 10.1 Å². The smallest absolute Gasteiger partial charge is 0.0507 e. The van der Waals surface area contributed by atoms with Crippen LogP contribution >= 0.6 is 11.6 Å². The first-order chi connectivity index (χ1) is 7.36. The van der Waals surface area contributed by atoms with E-state index in [1.54, 1.807) is 0 Å². The van der Waals surface area contributed by atoms with Crippen molar-refractivity contribution < 1.29 is 4.74 Å². The van der Waals surface area contributed by atoms with Crippen molar-refractivity contribution in [3.8, 4) is 0 Å². The molecule has 1 aliphatic carbocycles. The maximum Gasteiger partial charge on any atom is 0.0507 e. The van der Waals surface area contributed by atoms with E-state index >= 15 is 0 Å². The van der Waals surface area contributed by atoms with Gasteiger partial charge in [-0.2, -0.15) is 0 Å². The van der Waals surface area contributed by atoms with Crippen LogP contribution in [0.2, 0.25) is 0 Å². The maximum absolute atomic E-state index is 6.31. The highest BCUT2D eigenvalue weighted by Gasteiger charge is 2.23. The second kappa shape index (κ2) is 6.07. The number of nitrogens with one attached hydrogen (secondary N) is 1. The van der Waals surface area contributed by atoms with E-state index in [-0.39, 0.29) is 0 Å². The SMILES string of the molecule is ClC1CCCCC1CNCC1CCOC1. The van der Waals surface area contributed by atoms with Gasteiger partial charge in [-0.3, -0.25) is 0 Å². The number of ether oxygens (including phenoxy) is 1. The maximum atomic E-state index is 6.31. The van der Waals surface area contributed by atoms with Gasteiger partial charge in [-0.15, -0.1) is 11.6 Å². The molecule has 0 aromatic heterocycles. The minimum Gasteiger partial charge on any atom is -0.381 e. The van der Waals surface area contributed by atoms with Gasteiger partial charge in [-0.25, -0.2) is 0 Å². The molecule has 2 rings (SSSR count). The van der Waals surface area contributed by atoms with Crippen LogP contribution in [-0.4, -0.2) is 31.7 Å². The summed E-state index contributed by atoms with van der Waals surface area (Å²) in [6.45, 7) is 4.11. The van der Waals surface area contributed by atoms with Crippen molar-refractivity contribution in [2.24, 2.45) is 11.8 Å². The van der Waals surface area contributed by atoms with Crippen molar-refractivity contribution in [3.63, 3.8) is 0 Å². The van der Waals surface area contributed by atoms with Gasteiger partial charge in [-0.1, -0.05) is 12.8 Å². The first-order valence-electron chi connectivity index (χ1n) is 6.29. The fourth-order valence-corrected chi connectivity index (χ4v) is 2.98. The Labute approximate surface area is 97.7 Å². The molecular formula is C12H22ClNO. The van der Waals surface area contributed by atoms with E-state index < -0.39 is 0 Å². The summed E-state index contributed by atoms with van der Waals surface area (Å²) >= 11 is 6.31. The molecule has 2 aliphatic rings. The molecule has 2 nitrogen and oxygen atoms in total. The van der Waals surface area contributed by atoms with Gasteiger partial charge in [0, 0.05) is 18.5 Å². The Balaban J connectivity index is 1.59. The van der Waals surface area contributed by atoms with Crippen molar-refractivity contribution in [1.29, 1.82) is 0 Å². The summed E-state index contributed by atoms with van der Waals surface area (Å²) in [6.07, 6.45) is 6.42. The molecule has 1 aliphatic heterocycles. The number of hydrogen-bond donors (Lipinski definition) is 1. The zero-order chi connectivity index (χ0) is 10.5. The van der Waals surface area contributed by atoms with E-state index in [9.17, 15) is 0 Å². The first-order valence-corrected chi connectivity index (χ1v) is 6.72. The van der Waals surface area contributed by atoms with Gasteiger partial charge in [0.05, 0.1) is 6.61 Å². The number of halogens is 1. The number of alkyl halides is 1. The lowest BCUT2D eigenvalue weighted by Crippen LogP contribution is -2.33. The molecule has 1 saturated heterocycles. The molecule has 15 heavy (non-hydrogen) atoms. The Morgan fingerprint density at radius 1 is 1.13 bits per heavy atom. The molecule has 3 atom stereocenters. The highest BCUT2D eigenvalue weighted by Crippen LogP contribution is 2.28. The monoisotopic (exact) mass is 231 g/mol. The van der Waals surface area contributed by atoms with Gasteiger partial charge in [0.2, 0.25) is 0 Å². The fraction of sp³-hybridized carbons (Fsp3) is 1.00. The van der Waals surface area contributed by atoms with Gasteiger partial charge in [0.15, 0.2) is 0 Å². The topological polar surface area (TPSA) is 21.3 Å². The Morgan fingerprint density at radius 2 is 2.00 bits per heavy atom. The summed E-state index contributed by atoms with van der Waals surface area (Å²) in [4.78, 5) is 0. The second-order valence-corrected chi connectivity index (χ2v) is 5.51. The van der Waals surface area contributed by atoms with Crippen LogP contribution in [0.4, 0.5) is 0 Å². The number of rotatable bonds is 4. The summed E-state index contributed by atoms with van der Waals surface area (Å²) in [7, 11) is 0. The van der Waals surface area contributed by atoms with Crippen LogP contribution in [0.3, 0.4) is 0 Å². The molecule has 2 fully saturated rings. The molecule has 0 amide bonds. The van der Waals surface area contributed by atoms with Crippen molar-refractivity contribution in [2.45, 2.75) is 37.5 Å². The van der Waals surface area contributed by atoms with Gasteiger partial charge in [-0.05, 0) is 37.6 Å². The van der Waals surface area contributed by atoms with E-state index in [4.69, 9.17) is 16.3 Å². The Hall–Kier alpha value is 0.210. The van der Waals surface area contributed by atoms with E-state index in [1.807, 2.05) is 0 Å².